The number of carbonyl (C=O) groups is 1. The number of allylic oxidation sites excluding steroid dienone is 2. The van der Waals surface area contributed by atoms with Crippen molar-refractivity contribution >= 4 is 5.97 Å². The van der Waals surface area contributed by atoms with Crippen molar-refractivity contribution in [2.75, 3.05) is 6.61 Å². The average Bonchev–Trinajstić information content (AvgIpc) is 2.74. The van der Waals surface area contributed by atoms with Crippen molar-refractivity contribution in [3.05, 3.63) is 11.6 Å². The highest BCUT2D eigenvalue weighted by Crippen LogP contribution is 2.44. The first-order valence-corrected chi connectivity index (χ1v) is 5.15. The summed E-state index contributed by atoms with van der Waals surface area (Å²) < 4.78 is 5.16. The molecule has 72 valence electrons. The van der Waals surface area contributed by atoms with Crippen LogP contribution >= 0.6 is 0 Å². The van der Waals surface area contributed by atoms with E-state index in [4.69, 9.17) is 4.74 Å². The van der Waals surface area contributed by atoms with Crippen molar-refractivity contribution in [3.8, 4) is 0 Å². The van der Waals surface area contributed by atoms with Gasteiger partial charge in [-0.25, -0.2) is 0 Å². The number of fused-ring (bicyclic) bond motifs is 2. The summed E-state index contributed by atoms with van der Waals surface area (Å²) in [6.07, 6.45) is 6.42. The van der Waals surface area contributed by atoms with Crippen molar-refractivity contribution in [3.63, 3.8) is 0 Å². The third-order valence-corrected chi connectivity index (χ3v) is 3.04. The average molecular weight is 180 g/mol. The Morgan fingerprint density at radius 2 is 2.46 bits per heavy atom. The predicted octanol–water partition coefficient (Wildman–Crippen LogP) is 2.30. The van der Waals surface area contributed by atoms with Gasteiger partial charge in [-0.3, -0.25) is 4.79 Å². The lowest BCUT2D eigenvalue weighted by molar-refractivity contribution is -0.149. The molecular weight excluding hydrogens is 164 g/mol. The van der Waals surface area contributed by atoms with Crippen LogP contribution in [0.1, 0.15) is 32.6 Å². The van der Waals surface area contributed by atoms with E-state index in [0.29, 0.717) is 12.5 Å². The summed E-state index contributed by atoms with van der Waals surface area (Å²) in [4.78, 5) is 11.5. The summed E-state index contributed by atoms with van der Waals surface area (Å²) in [6.45, 7) is 2.61. The van der Waals surface area contributed by atoms with Crippen LogP contribution in [-0.2, 0) is 9.53 Å². The summed E-state index contributed by atoms with van der Waals surface area (Å²) in [6, 6.07) is 0. The Labute approximate surface area is 79.0 Å². The first-order valence-electron chi connectivity index (χ1n) is 5.15. The lowest BCUT2D eigenvalue weighted by Crippen LogP contribution is -2.22. The van der Waals surface area contributed by atoms with Gasteiger partial charge in [0.25, 0.3) is 0 Å². The molecule has 0 aromatic rings. The van der Waals surface area contributed by atoms with E-state index in [0.717, 1.165) is 25.7 Å². The molecule has 1 saturated carbocycles. The number of esters is 1. The van der Waals surface area contributed by atoms with E-state index < -0.39 is 0 Å². The number of ether oxygens (including phenoxy) is 1. The standard InChI is InChI=1S/C11H16O2/c1-2-5-13-11(12)10-7-8-3-4-9(10)6-8/h3,9-10H,2,4-7H2,1H3. The molecule has 0 aliphatic heterocycles. The maximum absolute atomic E-state index is 11.5. The fraction of sp³-hybridized carbons (Fsp3) is 0.727. The van der Waals surface area contributed by atoms with Crippen molar-refractivity contribution in [1.29, 1.82) is 0 Å². The lowest BCUT2D eigenvalue weighted by atomic mass is 9.92. The van der Waals surface area contributed by atoms with Gasteiger partial charge >= 0.3 is 5.97 Å². The first-order chi connectivity index (χ1) is 6.31. The third-order valence-electron chi connectivity index (χ3n) is 3.04. The molecule has 0 radical (unpaired) electrons. The van der Waals surface area contributed by atoms with Crippen molar-refractivity contribution in [1.82, 2.24) is 0 Å². The predicted molar refractivity (Wildman–Crippen MR) is 50.2 cm³/mol. The van der Waals surface area contributed by atoms with Crippen LogP contribution < -0.4 is 0 Å². The van der Waals surface area contributed by atoms with Crippen molar-refractivity contribution < 1.29 is 9.53 Å². The molecule has 2 nitrogen and oxygen atoms in total. The molecular formula is C11H16O2. The van der Waals surface area contributed by atoms with Crippen LogP contribution in [0.3, 0.4) is 0 Å². The second kappa shape index (κ2) is 3.52. The number of hydrogen-bond acceptors (Lipinski definition) is 2. The lowest BCUT2D eigenvalue weighted by Gasteiger charge is -2.16. The van der Waals surface area contributed by atoms with Gasteiger partial charge in [0.1, 0.15) is 0 Å². The monoisotopic (exact) mass is 180 g/mol. The van der Waals surface area contributed by atoms with E-state index in [-0.39, 0.29) is 11.9 Å². The maximum atomic E-state index is 11.5. The fourth-order valence-electron chi connectivity index (χ4n) is 2.33. The first kappa shape index (κ1) is 8.79. The topological polar surface area (TPSA) is 26.3 Å². The van der Waals surface area contributed by atoms with Gasteiger partial charge < -0.3 is 4.74 Å². The van der Waals surface area contributed by atoms with E-state index in [1.54, 1.807) is 0 Å². The van der Waals surface area contributed by atoms with Crippen molar-refractivity contribution in [2.24, 2.45) is 11.8 Å². The van der Waals surface area contributed by atoms with Crippen LogP contribution in [-0.4, -0.2) is 12.6 Å². The number of rotatable bonds is 3. The molecule has 13 heavy (non-hydrogen) atoms. The molecule has 0 aromatic carbocycles. The molecule has 0 aromatic heterocycles. The Morgan fingerprint density at radius 3 is 3.00 bits per heavy atom. The summed E-state index contributed by atoms with van der Waals surface area (Å²) in [5.41, 5.74) is 1.48. The van der Waals surface area contributed by atoms with E-state index in [1.807, 2.05) is 6.92 Å². The summed E-state index contributed by atoms with van der Waals surface area (Å²) in [7, 11) is 0. The molecule has 0 heterocycles. The van der Waals surface area contributed by atoms with Crippen LogP contribution in [0.25, 0.3) is 0 Å². The molecule has 2 bridgehead atoms. The third kappa shape index (κ3) is 1.62. The Bertz CT molecular complexity index is 242. The van der Waals surface area contributed by atoms with Crippen molar-refractivity contribution in [2.45, 2.75) is 32.6 Å². The van der Waals surface area contributed by atoms with E-state index in [1.165, 1.54) is 5.57 Å². The molecule has 0 N–H and O–H groups in total. The quantitative estimate of drug-likeness (QED) is 0.492. The molecule has 1 fully saturated rings. The van der Waals surface area contributed by atoms with Gasteiger partial charge in [0.15, 0.2) is 0 Å². The SMILES string of the molecule is CCCOC(=O)C1CC2=CCC1C2. The molecule has 2 aliphatic carbocycles. The zero-order valence-corrected chi connectivity index (χ0v) is 8.08. The molecule has 2 unspecified atom stereocenters. The molecule has 2 aliphatic rings. The maximum Gasteiger partial charge on any atom is 0.309 e. The number of carbonyl (C=O) groups excluding carboxylic acids is 1. The largest absolute Gasteiger partial charge is 0.465 e. The second-order valence-corrected chi connectivity index (χ2v) is 4.04. The van der Waals surface area contributed by atoms with Gasteiger partial charge in [0.2, 0.25) is 0 Å². The Balaban J connectivity index is 1.88. The molecule has 0 saturated heterocycles. The van der Waals surface area contributed by atoms with Gasteiger partial charge in [-0.2, -0.15) is 0 Å². The van der Waals surface area contributed by atoms with Gasteiger partial charge in [0, 0.05) is 0 Å². The molecule has 2 rings (SSSR count). The van der Waals surface area contributed by atoms with Gasteiger partial charge in [0.05, 0.1) is 12.5 Å². The van der Waals surface area contributed by atoms with Crippen LogP contribution in [0.4, 0.5) is 0 Å². The van der Waals surface area contributed by atoms with Crippen LogP contribution in [0.5, 0.6) is 0 Å². The van der Waals surface area contributed by atoms with Crippen LogP contribution in [0.2, 0.25) is 0 Å². The van der Waals surface area contributed by atoms with Crippen LogP contribution in [0, 0.1) is 11.8 Å². The summed E-state index contributed by atoms with van der Waals surface area (Å²) in [5, 5.41) is 0. The smallest absolute Gasteiger partial charge is 0.309 e. The fourth-order valence-corrected chi connectivity index (χ4v) is 2.33. The van der Waals surface area contributed by atoms with Gasteiger partial charge in [-0.1, -0.05) is 18.6 Å². The van der Waals surface area contributed by atoms with Gasteiger partial charge in [-0.15, -0.1) is 0 Å². The van der Waals surface area contributed by atoms with E-state index in [2.05, 4.69) is 6.08 Å². The Morgan fingerprint density at radius 1 is 1.62 bits per heavy atom. The minimum Gasteiger partial charge on any atom is -0.465 e. The minimum atomic E-state index is 0.0370. The van der Waals surface area contributed by atoms with Crippen LogP contribution in [0.15, 0.2) is 11.6 Å². The minimum absolute atomic E-state index is 0.0370. The Hall–Kier alpha value is -0.790. The molecule has 2 heteroatoms. The molecule has 2 atom stereocenters. The summed E-state index contributed by atoms with van der Waals surface area (Å²) >= 11 is 0. The number of hydrogen-bond donors (Lipinski definition) is 0. The second-order valence-electron chi connectivity index (χ2n) is 4.04. The highest BCUT2D eigenvalue weighted by atomic mass is 16.5. The van der Waals surface area contributed by atoms with E-state index >= 15 is 0 Å². The van der Waals surface area contributed by atoms with E-state index in [9.17, 15) is 4.79 Å². The zero-order chi connectivity index (χ0) is 9.26. The highest BCUT2D eigenvalue weighted by Gasteiger charge is 2.39. The molecule has 0 spiro atoms. The molecule has 0 amide bonds. The van der Waals surface area contributed by atoms with Gasteiger partial charge in [-0.05, 0) is 31.6 Å². The highest BCUT2D eigenvalue weighted by molar-refractivity contribution is 5.74. The normalized spacial score (nSPS) is 30.4. The Kier molecular flexibility index (Phi) is 2.38. The summed E-state index contributed by atoms with van der Waals surface area (Å²) in [5.74, 6) is 0.792. The zero-order valence-electron chi connectivity index (χ0n) is 8.08.